The van der Waals surface area contributed by atoms with Crippen molar-refractivity contribution in [3.05, 3.63) is 64.7 Å². The minimum atomic E-state index is -0.456. The van der Waals surface area contributed by atoms with E-state index in [0.717, 1.165) is 29.5 Å². The van der Waals surface area contributed by atoms with Crippen LogP contribution in [-0.2, 0) is 16.0 Å². The second-order valence-corrected chi connectivity index (χ2v) is 8.39. The molecule has 1 saturated heterocycles. The minimum Gasteiger partial charge on any atom is -0.491 e. The number of carbonyl (C=O) groups excluding carboxylic acids is 3. The molecule has 0 aromatic heterocycles. The van der Waals surface area contributed by atoms with Crippen LogP contribution in [0, 0.1) is 0 Å². The van der Waals surface area contributed by atoms with Crippen LogP contribution in [0.5, 0.6) is 5.75 Å². The molecule has 0 spiro atoms. The predicted octanol–water partition coefficient (Wildman–Crippen LogP) is 3.12. The molecular formula is C26H28N2O6. The summed E-state index contributed by atoms with van der Waals surface area (Å²) in [7, 11) is 0. The van der Waals surface area contributed by atoms with Gasteiger partial charge in [0.05, 0.1) is 19.7 Å². The van der Waals surface area contributed by atoms with Crippen LogP contribution in [0.3, 0.4) is 0 Å². The Balaban J connectivity index is 1.50. The monoisotopic (exact) mass is 464 g/mol. The summed E-state index contributed by atoms with van der Waals surface area (Å²) >= 11 is 0. The van der Waals surface area contributed by atoms with Gasteiger partial charge >= 0.3 is 6.09 Å². The smallest absolute Gasteiger partial charge is 0.414 e. The highest BCUT2D eigenvalue weighted by atomic mass is 16.6. The van der Waals surface area contributed by atoms with Crippen LogP contribution in [0.4, 0.5) is 10.5 Å². The third-order valence-corrected chi connectivity index (χ3v) is 5.86. The fraction of sp³-hybridized carbons (Fsp3) is 0.346. The Morgan fingerprint density at radius 1 is 1.21 bits per heavy atom. The number of rotatable bonds is 7. The molecule has 1 fully saturated rings. The highest BCUT2D eigenvalue weighted by molar-refractivity contribution is 6.12. The van der Waals surface area contributed by atoms with Crippen molar-refractivity contribution in [2.24, 2.45) is 0 Å². The molecule has 34 heavy (non-hydrogen) atoms. The predicted molar refractivity (Wildman–Crippen MR) is 127 cm³/mol. The molecule has 2 amide bonds. The van der Waals surface area contributed by atoms with Gasteiger partial charge in [0.25, 0.3) is 0 Å². The highest BCUT2D eigenvalue weighted by Crippen LogP contribution is 2.31. The molecule has 178 valence electrons. The highest BCUT2D eigenvalue weighted by Gasteiger charge is 2.33. The molecule has 1 unspecified atom stereocenters. The van der Waals surface area contributed by atoms with Crippen LogP contribution in [0.25, 0.3) is 6.08 Å². The van der Waals surface area contributed by atoms with E-state index in [2.05, 4.69) is 5.32 Å². The number of fused-ring (bicyclic) bond motifs is 1. The van der Waals surface area contributed by atoms with E-state index in [1.54, 1.807) is 17.0 Å². The van der Waals surface area contributed by atoms with Crippen molar-refractivity contribution in [1.29, 1.82) is 0 Å². The van der Waals surface area contributed by atoms with Gasteiger partial charge in [-0.1, -0.05) is 12.1 Å². The average Bonchev–Trinajstić information content (AvgIpc) is 3.14. The van der Waals surface area contributed by atoms with Crippen molar-refractivity contribution in [2.45, 2.75) is 32.3 Å². The number of benzene rings is 2. The maximum Gasteiger partial charge on any atom is 0.414 e. The van der Waals surface area contributed by atoms with Gasteiger partial charge in [0.2, 0.25) is 5.91 Å². The molecule has 1 atom stereocenters. The van der Waals surface area contributed by atoms with Gasteiger partial charge in [-0.2, -0.15) is 0 Å². The summed E-state index contributed by atoms with van der Waals surface area (Å²) in [6, 6.07) is 12.9. The van der Waals surface area contributed by atoms with Gasteiger partial charge in [0, 0.05) is 23.7 Å². The zero-order valence-corrected chi connectivity index (χ0v) is 19.1. The number of ether oxygens (including phenoxy) is 2. The maximum absolute atomic E-state index is 13.3. The number of allylic oxidation sites excluding steroid dienone is 1. The topological polar surface area (TPSA) is 105 Å². The molecule has 2 aliphatic rings. The second kappa shape index (κ2) is 10.5. The third-order valence-electron chi connectivity index (χ3n) is 5.86. The van der Waals surface area contributed by atoms with Crippen molar-refractivity contribution < 1.29 is 29.0 Å². The van der Waals surface area contributed by atoms with Crippen LogP contribution in [0.2, 0.25) is 0 Å². The number of nitrogens with one attached hydrogen (secondary N) is 1. The normalized spacial score (nSPS) is 18.9. The Morgan fingerprint density at radius 2 is 2.00 bits per heavy atom. The van der Waals surface area contributed by atoms with E-state index in [-0.39, 0.29) is 31.4 Å². The number of ketones is 1. The lowest BCUT2D eigenvalue weighted by molar-refractivity contribution is -0.119. The van der Waals surface area contributed by atoms with Crippen molar-refractivity contribution >= 4 is 29.5 Å². The number of aliphatic hydroxyl groups excluding tert-OH is 1. The Hall–Kier alpha value is -3.65. The molecular weight excluding hydrogens is 436 g/mol. The summed E-state index contributed by atoms with van der Waals surface area (Å²) < 4.78 is 10.7. The number of carbonyl (C=O) groups is 3. The quantitative estimate of drug-likeness (QED) is 0.482. The van der Waals surface area contributed by atoms with Crippen LogP contribution in [0.1, 0.15) is 41.3 Å². The molecule has 1 aliphatic carbocycles. The maximum atomic E-state index is 13.3. The van der Waals surface area contributed by atoms with E-state index < -0.39 is 12.2 Å². The number of hydrogen-bond donors (Lipinski definition) is 2. The average molecular weight is 465 g/mol. The Bertz CT molecular complexity index is 1110. The Labute approximate surface area is 198 Å². The Morgan fingerprint density at radius 3 is 2.74 bits per heavy atom. The lowest BCUT2D eigenvalue weighted by atomic mass is 9.97. The number of amides is 2. The summed E-state index contributed by atoms with van der Waals surface area (Å²) in [5, 5.41) is 11.5. The van der Waals surface area contributed by atoms with Crippen LogP contribution in [0.15, 0.2) is 48.0 Å². The summed E-state index contributed by atoms with van der Waals surface area (Å²) in [5.41, 5.74) is 3.90. The van der Waals surface area contributed by atoms with Crippen LogP contribution < -0.4 is 15.0 Å². The lowest BCUT2D eigenvalue weighted by Crippen LogP contribution is -2.33. The SMILES string of the molecule is CC(=O)NCC1CN(c2ccc3c(c2)CCCC(=Cc2ccc(OCCO)cc2)C3=O)C(=O)O1. The number of anilines is 1. The van der Waals surface area contributed by atoms with Gasteiger partial charge in [-0.3, -0.25) is 14.5 Å². The number of cyclic esters (lactones) is 1. The number of aliphatic hydroxyl groups is 1. The molecule has 0 bridgehead atoms. The largest absolute Gasteiger partial charge is 0.491 e. The van der Waals surface area contributed by atoms with Gasteiger partial charge < -0.3 is 19.9 Å². The summed E-state index contributed by atoms with van der Waals surface area (Å²) in [6.07, 6.45) is 3.26. The second-order valence-electron chi connectivity index (χ2n) is 8.39. The fourth-order valence-corrected chi connectivity index (χ4v) is 4.19. The molecule has 0 radical (unpaired) electrons. The van der Waals surface area contributed by atoms with E-state index in [4.69, 9.17) is 14.6 Å². The zero-order valence-electron chi connectivity index (χ0n) is 19.1. The fourth-order valence-electron chi connectivity index (χ4n) is 4.19. The van der Waals surface area contributed by atoms with Gasteiger partial charge in [-0.15, -0.1) is 0 Å². The number of hydrogen-bond acceptors (Lipinski definition) is 6. The number of aryl methyl sites for hydroxylation is 1. The van der Waals surface area contributed by atoms with Crippen molar-refractivity contribution in [3.63, 3.8) is 0 Å². The first kappa shape index (κ1) is 23.5. The molecule has 2 N–H and O–H groups in total. The van der Waals surface area contributed by atoms with Gasteiger partial charge in [0.1, 0.15) is 18.5 Å². The van der Waals surface area contributed by atoms with E-state index in [1.807, 2.05) is 36.4 Å². The first-order chi connectivity index (χ1) is 16.4. The van der Waals surface area contributed by atoms with Crippen LogP contribution in [-0.4, -0.2) is 55.3 Å². The minimum absolute atomic E-state index is 0.00723. The molecule has 2 aromatic carbocycles. The van der Waals surface area contributed by atoms with E-state index >= 15 is 0 Å². The molecule has 0 saturated carbocycles. The summed E-state index contributed by atoms with van der Waals surface area (Å²) in [5.74, 6) is 0.487. The molecule has 8 nitrogen and oxygen atoms in total. The van der Waals surface area contributed by atoms with Gasteiger partial charge in [0.15, 0.2) is 5.78 Å². The first-order valence-corrected chi connectivity index (χ1v) is 11.4. The first-order valence-electron chi connectivity index (χ1n) is 11.4. The molecule has 4 rings (SSSR count). The summed E-state index contributed by atoms with van der Waals surface area (Å²) in [6.45, 7) is 2.23. The third kappa shape index (κ3) is 5.46. The standard InChI is InChI=1S/C26H28N2O6/c1-17(30)27-15-23-16-28(26(32)34-23)21-7-10-24-19(14-21)3-2-4-20(25(24)31)13-18-5-8-22(9-6-18)33-12-11-29/h5-10,13-14,23,29H,2-4,11-12,15-16H2,1H3,(H,27,30). The van der Waals surface area contributed by atoms with E-state index in [1.165, 1.54) is 6.92 Å². The Kier molecular flexibility index (Phi) is 7.27. The van der Waals surface area contributed by atoms with Gasteiger partial charge in [-0.05, 0) is 66.8 Å². The number of Topliss-reactive ketones (excluding diaryl/α,β-unsaturated/α-hetero) is 1. The summed E-state index contributed by atoms with van der Waals surface area (Å²) in [4.78, 5) is 38.3. The van der Waals surface area contributed by atoms with E-state index in [0.29, 0.717) is 30.0 Å². The molecule has 8 heteroatoms. The van der Waals surface area contributed by atoms with Crippen molar-refractivity contribution in [1.82, 2.24) is 5.32 Å². The van der Waals surface area contributed by atoms with Gasteiger partial charge in [-0.25, -0.2) is 4.79 Å². The van der Waals surface area contributed by atoms with Crippen LogP contribution >= 0.6 is 0 Å². The molecule has 1 aliphatic heterocycles. The number of nitrogens with zero attached hydrogens (tertiary/aromatic N) is 1. The lowest BCUT2D eigenvalue weighted by Gasteiger charge is -2.16. The van der Waals surface area contributed by atoms with Crippen molar-refractivity contribution in [3.8, 4) is 5.75 Å². The van der Waals surface area contributed by atoms with E-state index in [9.17, 15) is 14.4 Å². The van der Waals surface area contributed by atoms with Crippen molar-refractivity contribution in [2.75, 3.05) is 31.2 Å². The zero-order chi connectivity index (χ0) is 24.1. The molecule has 1 heterocycles. The molecule has 2 aromatic rings.